The summed E-state index contributed by atoms with van der Waals surface area (Å²) in [6.45, 7) is 0. The lowest BCUT2D eigenvalue weighted by molar-refractivity contribution is -0.398. The average molecular weight is 292 g/mol. The molecule has 0 unspecified atom stereocenters. The molecule has 0 heterocycles. The van der Waals surface area contributed by atoms with Crippen LogP contribution in [0.15, 0.2) is 70.9 Å². The van der Waals surface area contributed by atoms with E-state index in [0.29, 0.717) is 5.69 Å². The number of rotatable bonds is 3. The van der Waals surface area contributed by atoms with Gasteiger partial charge >= 0.3 is 0 Å². The topological polar surface area (TPSA) is 90.9 Å². The molecule has 0 aliphatic heterocycles. The molecule has 0 N–H and O–H groups in total. The molecule has 108 valence electrons. The van der Waals surface area contributed by atoms with Crippen LogP contribution in [0.5, 0.6) is 5.75 Å². The molecule has 3 rings (SSSR count). The Morgan fingerprint density at radius 1 is 0.818 bits per heavy atom. The van der Waals surface area contributed by atoms with Crippen LogP contribution in [0, 0.1) is 10.1 Å². The molecule has 0 aliphatic carbocycles. The van der Waals surface area contributed by atoms with E-state index in [-0.39, 0.29) is 5.69 Å². The minimum atomic E-state index is -0.725. The van der Waals surface area contributed by atoms with Crippen molar-refractivity contribution in [2.24, 2.45) is 10.2 Å². The fraction of sp³-hybridized carbons (Fsp3) is 0. The molecule has 6 nitrogen and oxygen atoms in total. The zero-order valence-electron chi connectivity index (χ0n) is 11.3. The fourth-order valence-corrected chi connectivity index (χ4v) is 2.07. The van der Waals surface area contributed by atoms with Gasteiger partial charge in [-0.1, -0.05) is 36.4 Å². The minimum Gasteiger partial charge on any atom is -0.868 e. The summed E-state index contributed by atoms with van der Waals surface area (Å²) in [7, 11) is 0. The maximum absolute atomic E-state index is 11.3. The second-order valence-corrected chi connectivity index (χ2v) is 4.64. The van der Waals surface area contributed by atoms with Crippen molar-refractivity contribution in [3.63, 3.8) is 0 Å². The quantitative estimate of drug-likeness (QED) is 0.410. The highest BCUT2D eigenvalue weighted by Crippen LogP contribution is 2.29. The third kappa shape index (κ3) is 2.76. The third-order valence-corrected chi connectivity index (χ3v) is 3.15. The summed E-state index contributed by atoms with van der Waals surface area (Å²) >= 11 is 0. The Balaban J connectivity index is 1.92. The van der Waals surface area contributed by atoms with Gasteiger partial charge in [0.1, 0.15) is 0 Å². The summed E-state index contributed by atoms with van der Waals surface area (Å²) in [5.74, 6) is -0.644. The van der Waals surface area contributed by atoms with Crippen molar-refractivity contribution in [1.29, 1.82) is 0 Å². The molecule has 22 heavy (non-hydrogen) atoms. The highest BCUT2D eigenvalue weighted by atomic mass is 16.6. The van der Waals surface area contributed by atoms with Gasteiger partial charge in [0.15, 0.2) is 0 Å². The third-order valence-electron chi connectivity index (χ3n) is 3.15. The van der Waals surface area contributed by atoms with Crippen molar-refractivity contribution in [2.75, 3.05) is 0 Å². The molecule has 0 fully saturated rings. The standard InChI is InChI=1S/C16H11N3O3/c20-16-8-7-14(10-15(16)19(21)22)18-17-13-6-5-11-3-1-2-4-12(11)9-13/h1-10,20H/p-1. The van der Waals surface area contributed by atoms with Gasteiger partial charge in [-0.15, -0.1) is 0 Å². The molecular weight excluding hydrogens is 282 g/mol. The van der Waals surface area contributed by atoms with Gasteiger partial charge in [-0.25, -0.2) is 0 Å². The fourth-order valence-electron chi connectivity index (χ4n) is 2.07. The average Bonchev–Trinajstić information content (AvgIpc) is 2.53. The van der Waals surface area contributed by atoms with Gasteiger partial charge in [-0.05, 0) is 34.7 Å². The van der Waals surface area contributed by atoms with Gasteiger partial charge in [0.2, 0.25) is 0 Å². The molecule has 0 saturated carbocycles. The maximum Gasteiger partial charge on any atom is 0.263 e. The molecule has 0 saturated heterocycles. The van der Waals surface area contributed by atoms with Crippen molar-refractivity contribution in [2.45, 2.75) is 0 Å². The van der Waals surface area contributed by atoms with E-state index in [1.165, 1.54) is 6.07 Å². The monoisotopic (exact) mass is 292 g/mol. The maximum atomic E-state index is 11.3. The Morgan fingerprint density at radius 3 is 2.18 bits per heavy atom. The second-order valence-electron chi connectivity index (χ2n) is 4.64. The van der Waals surface area contributed by atoms with E-state index in [2.05, 4.69) is 10.2 Å². The zero-order chi connectivity index (χ0) is 15.5. The molecule has 0 atom stereocenters. The van der Waals surface area contributed by atoms with E-state index in [9.17, 15) is 15.2 Å². The van der Waals surface area contributed by atoms with Crippen molar-refractivity contribution >= 4 is 27.8 Å². The first-order chi connectivity index (χ1) is 10.6. The lowest BCUT2D eigenvalue weighted by atomic mass is 10.1. The highest BCUT2D eigenvalue weighted by Gasteiger charge is 2.07. The van der Waals surface area contributed by atoms with Crippen LogP contribution in [0.3, 0.4) is 0 Å². The normalized spacial score (nSPS) is 11.1. The first kappa shape index (κ1) is 13.7. The largest absolute Gasteiger partial charge is 0.868 e. The van der Waals surface area contributed by atoms with Crippen molar-refractivity contribution in [3.8, 4) is 5.75 Å². The van der Waals surface area contributed by atoms with Gasteiger partial charge in [-0.3, -0.25) is 10.1 Å². The van der Waals surface area contributed by atoms with Crippen molar-refractivity contribution < 1.29 is 10.0 Å². The first-order valence-corrected chi connectivity index (χ1v) is 6.49. The second kappa shape index (κ2) is 5.61. The Kier molecular flexibility index (Phi) is 3.49. The van der Waals surface area contributed by atoms with Gasteiger partial charge in [-0.2, -0.15) is 10.2 Å². The summed E-state index contributed by atoms with van der Waals surface area (Å²) in [6, 6.07) is 17.1. The number of nitrogens with zero attached hydrogens (tertiary/aromatic N) is 3. The zero-order valence-corrected chi connectivity index (χ0v) is 11.3. The van der Waals surface area contributed by atoms with Crippen molar-refractivity contribution in [3.05, 3.63) is 70.8 Å². The van der Waals surface area contributed by atoms with Crippen LogP contribution in [0.4, 0.5) is 17.1 Å². The van der Waals surface area contributed by atoms with E-state index < -0.39 is 16.4 Å². The van der Waals surface area contributed by atoms with Crippen LogP contribution < -0.4 is 5.11 Å². The summed E-state index contributed by atoms with van der Waals surface area (Å²) in [5, 5.41) is 32.2. The lowest BCUT2D eigenvalue weighted by Gasteiger charge is -2.05. The molecule has 0 aromatic heterocycles. The van der Waals surface area contributed by atoms with Crippen molar-refractivity contribution in [1.82, 2.24) is 0 Å². The number of azo groups is 1. The Labute approximate surface area is 125 Å². The number of benzene rings is 3. The Hall–Kier alpha value is -3.28. The lowest BCUT2D eigenvalue weighted by Crippen LogP contribution is -1.96. The number of fused-ring (bicyclic) bond motifs is 1. The molecule has 0 amide bonds. The summed E-state index contributed by atoms with van der Waals surface area (Å²) in [4.78, 5) is 10.0. The predicted octanol–water partition coefficient (Wildman–Crippen LogP) is 4.24. The molecule has 6 heteroatoms. The SMILES string of the molecule is O=[N+]([O-])c1cc(N=Nc2ccc3ccccc3c2)ccc1[O-]. The first-order valence-electron chi connectivity index (χ1n) is 6.49. The van der Waals surface area contributed by atoms with Crippen LogP contribution in [0.2, 0.25) is 0 Å². The molecular formula is C16H10N3O3-. The van der Waals surface area contributed by atoms with E-state index in [1.54, 1.807) is 0 Å². The smallest absolute Gasteiger partial charge is 0.263 e. The van der Waals surface area contributed by atoms with E-state index in [1.807, 2.05) is 42.5 Å². The number of hydrogen-bond donors (Lipinski definition) is 0. The molecule has 0 radical (unpaired) electrons. The van der Waals surface area contributed by atoms with Crippen LogP contribution >= 0.6 is 0 Å². The summed E-state index contributed by atoms with van der Waals surface area (Å²) in [6.07, 6.45) is 0. The molecule has 0 aliphatic rings. The number of nitro benzene ring substituents is 1. The number of nitro groups is 1. The molecule has 0 bridgehead atoms. The van der Waals surface area contributed by atoms with E-state index in [4.69, 9.17) is 0 Å². The van der Waals surface area contributed by atoms with E-state index in [0.717, 1.165) is 22.9 Å². The van der Waals surface area contributed by atoms with Gasteiger partial charge in [0.05, 0.1) is 16.3 Å². The summed E-state index contributed by atoms with van der Waals surface area (Å²) in [5.41, 5.74) is 0.391. The van der Waals surface area contributed by atoms with Gasteiger partial charge in [0.25, 0.3) is 5.69 Å². The molecule has 3 aromatic carbocycles. The predicted molar refractivity (Wildman–Crippen MR) is 80.7 cm³/mol. The molecule has 3 aromatic rings. The Bertz CT molecular complexity index is 891. The van der Waals surface area contributed by atoms with Crippen LogP contribution in [-0.4, -0.2) is 4.92 Å². The minimum absolute atomic E-state index is 0.263. The van der Waals surface area contributed by atoms with Crippen LogP contribution in [-0.2, 0) is 0 Å². The number of hydrogen-bond acceptors (Lipinski definition) is 5. The molecule has 0 spiro atoms. The van der Waals surface area contributed by atoms with Gasteiger partial charge in [0, 0.05) is 6.07 Å². The van der Waals surface area contributed by atoms with Crippen LogP contribution in [0.1, 0.15) is 0 Å². The summed E-state index contributed by atoms with van der Waals surface area (Å²) < 4.78 is 0. The van der Waals surface area contributed by atoms with Crippen LogP contribution in [0.25, 0.3) is 10.8 Å². The van der Waals surface area contributed by atoms with Gasteiger partial charge < -0.3 is 5.11 Å². The van der Waals surface area contributed by atoms with E-state index >= 15 is 0 Å². The Morgan fingerprint density at radius 2 is 1.45 bits per heavy atom. The highest BCUT2D eigenvalue weighted by molar-refractivity contribution is 5.85.